The molecule has 16 nitrogen and oxygen atoms in total. The third-order valence-electron chi connectivity index (χ3n) is 14.2. The average Bonchev–Trinajstić information content (AvgIpc) is 3.25. The summed E-state index contributed by atoms with van der Waals surface area (Å²) in [5.74, 6) is -4.98. The van der Waals surface area contributed by atoms with E-state index in [1.807, 2.05) is 63.2 Å². The molecule has 0 spiro atoms. The maximum absolute atomic E-state index is 14.5. The highest BCUT2D eigenvalue weighted by atomic mass is 16.7. The summed E-state index contributed by atoms with van der Waals surface area (Å²) in [7, 11) is 5.23. The first-order valence-corrected chi connectivity index (χ1v) is 23.3. The molecule has 64 heavy (non-hydrogen) atoms. The van der Waals surface area contributed by atoms with E-state index in [9.17, 15) is 35.1 Å². The highest BCUT2D eigenvalue weighted by Crippen LogP contribution is 2.42. The number of cyclic esters (lactones) is 1. The van der Waals surface area contributed by atoms with E-state index in [0.29, 0.717) is 13.0 Å². The molecule has 19 atom stereocenters. The van der Waals surface area contributed by atoms with Crippen LogP contribution in [0.1, 0.15) is 100 Å². The van der Waals surface area contributed by atoms with Crippen LogP contribution in [0.2, 0.25) is 0 Å². The third-order valence-corrected chi connectivity index (χ3v) is 14.2. The van der Waals surface area contributed by atoms with E-state index in [4.69, 9.17) is 33.2 Å². The van der Waals surface area contributed by atoms with Crippen LogP contribution in [0.15, 0.2) is 30.3 Å². The molecule has 3 fully saturated rings. The molecular formula is C48H82N2O14. The summed E-state index contributed by atoms with van der Waals surface area (Å²) in [6, 6.07) is 9.63. The minimum atomic E-state index is -2.03. The average molecular weight is 911 g/mol. The van der Waals surface area contributed by atoms with E-state index >= 15 is 0 Å². The Hall–Kier alpha value is -2.16. The zero-order valence-electron chi connectivity index (χ0n) is 40.6. The minimum absolute atomic E-state index is 0.0165. The van der Waals surface area contributed by atoms with Gasteiger partial charge in [0.1, 0.15) is 29.7 Å². The van der Waals surface area contributed by atoms with Crippen LogP contribution in [-0.2, 0) is 49.2 Å². The fourth-order valence-electron chi connectivity index (χ4n) is 10.0. The molecule has 0 amide bonds. The van der Waals surface area contributed by atoms with Crippen molar-refractivity contribution < 1.29 is 68.3 Å². The monoisotopic (exact) mass is 911 g/mol. The van der Waals surface area contributed by atoms with Crippen molar-refractivity contribution in [2.24, 2.45) is 23.7 Å². The van der Waals surface area contributed by atoms with Crippen LogP contribution in [-0.4, -0.2) is 173 Å². The van der Waals surface area contributed by atoms with Crippen LogP contribution in [0.3, 0.4) is 0 Å². The number of nitrogens with zero attached hydrogens (tertiary/aromatic N) is 1. The first-order chi connectivity index (χ1) is 29.9. The normalized spacial score (nSPS) is 42.5. The number of nitrogens with one attached hydrogen (secondary N) is 1. The van der Waals surface area contributed by atoms with Gasteiger partial charge in [-0.3, -0.25) is 9.59 Å². The van der Waals surface area contributed by atoms with Crippen molar-refractivity contribution >= 4 is 11.8 Å². The van der Waals surface area contributed by atoms with Crippen LogP contribution in [0.4, 0.5) is 0 Å². The molecule has 4 rings (SSSR count). The quantitative estimate of drug-likeness (QED) is 0.110. The van der Waals surface area contributed by atoms with Gasteiger partial charge in [0.2, 0.25) is 0 Å². The molecule has 0 saturated carbocycles. The molecule has 0 aromatic heterocycles. The number of methoxy groups -OCH3 is 1. The molecule has 3 aliphatic heterocycles. The summed E-state index contributed by atoms with van der Waals surface area (Å²) in [5, 5.41) is 61.2. The lowest BCUT2D eigenvalue weighted by Gasteiger charge is -2.50. The van der Waals surface area contributed by atoms with Gasteiger partial charge in [-0.05, 0) is 93.4 Å². The summed E-state index contributed by atoms with van der Waals surface area (Å²) in [5.41, 5.74) is -3.44. The van der Waals surface area contributed by atoms with Crippen molar-refractivity contribution in [2.75, 3.05) is 40.9 Å². The fraction of sp³-hybridized carbons (Fsp3) is 0.833. The number of likely N-dealkylation sites (N-methyl/N-ethyl adjacent to an activating group) is 1. The molecule has 368 valence electrons. The largest absolute Gasteiger partial charge is 0.459 e. The van der Waals surface area contributed by atoms with Gasteiger partial charge >= 0.3 is 5.97 Å². The minimum Gasteiger partial charge on any atom is -0.459 e. The summed E-state index contributed by atoms with van der Waals surface area (Å²) >= 11 is 0. The van der Waals surface area contributed by atoms with Crippen molar-refractivity contribution in [1.82, 2.24) is 10.2 Å². The van der Waals surface area contributed by atoms with Crippen molar-refractivity contribution in [2.45, 2.75) is 192 Å². The van der Waals surface area contributed by atoms with Crippen molar-refractivity contribution in [1.29, 1.82) is 0 Å². The zero-order chi connectivity index (χ0) is 47.9. The summed E-state index contributed by atoms with van der Waals surface area (Å²) in [4.78, 5) is 30.8. The van der Waals surface area contributed by atoms with E-state index in [-0.39, 0.29) is 50.3 Å². The molecule has 3 unspecified atom stereocenters. The number of ketones is 1. The van der Waals surface area contributed by atoms with Gasteiger partial charge in [0, 0.05) is 43.9 Å². The molecule has 6 N–H and O–H groups in total. The molecule has 3 aliphatic rings. The third kappa shape index (κ3) is 13.1. The molecule has 0 bridgehead atoms. The number of carbonyl (C=O) groups is 2. The predicted octanol–water partition coefficient (Wildman–Crippen LogP) is 3.00. The maximum atomic E-state index is 14.5. The SMILES string of the molecule is CCC1OC(=O)[C@H](C)C(O[C@H]2C[C@@](C)(OC)[C@@H](O)[C@H](C)O2)[C@H](C)[C@@H](O[C@@H]2O[C@H](C)C[C@H](N(C)C)[C@H]2O)[C@](C)(OCC(O)CNCCc2ccccc2)C[C@@H](C)C(=O)[C@H](C)[C@@H](O)[C@]1(C)O. The van der Waals surface area contributed by atoms with Gasteiger partial charge in [-0.2, -0.15) is 0 Å². The second kappa shape index (κ2) is 23.2. The lowest BCUT2D eigenvalue weighted by Crippen LogP contribution is -2.62. The number of aliphatic hydroxyl groups is 5. The van der Waals surface area contributed by atoms with Gasteiger partial charge in [0.25, 0.3) is 0 Å². The molecule has 3 saturated heterocycles. The predicted molar refractivity (Wildman–Crippen MR) is 239 cm³/mol. The number of hydrogen-bond donors (Lipinski definition) is 6. The highest BCUT2D eigenvalue weighted by Gasteiger charge is 2.54. The second-order valence-electron chi connectivity index (χ2n) is 19.8. The van der Waals surface area contributed by atoms with Gasteiger partial charge in [0.05, 0.1) is 60.4 Å². The second-order valence-corrected chi connectivity index (χ2v) is 19.8. The molecule has 1 aromatic carbocycles. The Balaban J connectivity index is 1.85. The number of ether oxygens (including phenoxy) is 7. The molecule has 1 aromatic rings. The Morgan fingerprint density at radius 1 is 0.906 bits per heavy atom. The molecule has 3 heterocycles. The van der Waals surface area contributed by atoms with Crippen molar-refractivity contribution in [3.05, 3.63) is 35.9 Å². The first kappa shape index (κ1) is 54.4. The molecule has 0 aliphatic carbocycles. The van der Waals surface area contributed by atoms with E-state index in [2.05, 4.69) is 5.32 Å². The number of esters is 1. The maximum Gasteiger partial charge on any atom is 0.311 e. The van der Waals surface area contributed by atoms with E-state index in [0.717, 1.165) is 12.0 Å². The summed E-state index contributed by atoms with van der Waals surface area (Å²) in [6.07, 6.45) is -10.0. The number of benzene rings is 1. The Morgan fingerprint density at radius 2 is 1.56 bits per heavy atom. The molecular weight excluding hydrogens is 829 g/mol. The zero-order valence-corrected chi connectivity index (χ0v) is 40.6. The summed E-state index contributed by atoms with van der Waals surface area (Å²) < 4.78 is 45.1. The van der Waals surface area contributed by atoms with Crippen LogP contribution >= 0.6 is 0 Å². The van der Waals surface area contributed by atoms with Gasteiger partial charge < -0.3 is 68.9 Å². The fourth-order valence-corrected chi connectivity index (χ4v) is 10.0. The van der Waals surface area contributed by atoms with E-state index < -0.39 is 108 Å². The Labute approximate surface area is 381 Å². The molecule has 0 radical (unpaired) electrons. The number of rotatable bonds is 15. The number of carbonyl (C=O) groups excluding carboxylic acids is 2. The van der Waals surface area contributed by atoms with Gasteiger partial charge in [0.15, 0.2) is 12.6 Å². The first-order valence-electron chi connectivity index (χ1n) is 23.3. The lowest BCUT2D eigenvalue weighted by atomic mass is 9.73. The van der Waals surface area contributed by atoms with Gasteiger partial charge in [-0.1, -0.05) is 58.0 Å². The van der Waals surface area contributed by atoms with Gasteiger partial charge in [-0.15, -0.1) is 0 Å². The standard InChI is InChI=1S/C48H82N2O14/c1-14-36-48(10,57)41(54)29(4)38(52)27(2)23-47(9,59-26-34(51)25-49-21-20-33-18-16-15-17-19-33)43(64-45-39(53)35(50(11)12)22-28(3)60-45)30(5)40(31(6)44(56)62-36)63-37-24-46(8,58-13)42(55)32(7)61-37/h15-19,27-32,34-37,39-43,45,49,51,53-55,57H,14,20-26H2,1-13H3/t27-,28-,29+,30+,31-,32+,34?,35+,36?,37+,39-,40?,41-,42+,43-,45+,46-,47-,48-/m1/s1. The Bertz CT molecular complexity index is 1600. The smallest absolute Gasteiger partial charge is 0.311 e. The van der Waals surface area contributed by atoms with Crippen LogP contribution < -0.4 is 5.32 Å². The van der Waals surface area contributed by atoms with Crippen molar-refractivity contribution in [3.63, 3.8) is 0 Å². The van der Waals surface area contributed by atoms with Crippen molar-refractivity contribution in [3.8, 4) is 0 Å². The van der Waals surface area contributed by atoms with E-state index in [1.54, 1.807) is 41.5 Å². The van der Waals surface area contributed by atoms with Gasteiger partial charge in [-0.25, -0.2) is 0 Å². The molecule has 16 heteroatoms. The van der Waals surface area contributed by atoms with Crippen LogP contribution in [0.25, 0.3) is 0 Å². The topological polar surface area (TPSA) is 215 Å². The van der Waals surface area contributed by atoms with E-state index in [1.165, 1.54) is 21.0 Å². The highest BCUT2D eigenvalue weighted by molar-refractivity contribution is 5.83. The number of hydrogen-bond acceptors (Lipinski definition) is 16. The summed E-state index contributed by atoms with van der Waals surface area (Å²) in [6.45, 7) is 17.5. The number of Topliss-reactive ketones (excluding diaryl/α,β-unsaturated/α-hetero) is 1. The lowest BCUT2D eigenvalue weighted by molar-refractivity contribution is -0.321. The van der Waals surface area contributed by atoms with Crippen LogP contribution in [0.5, 0.6) is 0 Å². The Kier molecular flexibility index (Phi) is 19.8. The van der Waals surface area contributed by atoms with Crippen LogP contribution in [0, 0.1) is 23.7 Å². The number of aliphatic hydroxyl groups excluding tert-OH is 4. The Morgan fingerprint density at radius 3 is 2.17 bits per heavy atom.